The monoisotopic (exact) mass is 364 g/mol. The van der Waals surface area contributed by atoms with E-state index in [9.17, 15) is 8.42 Å². The smallest absolute Gasteiger partial charge is 0.252 e. The largest absolute Gasteiger partial charge is 0.314 e. The lowest BCUT2D eigenvalue weighted by atomic mass is 9.95. The van der Waals surface area contributed by atoms with Crippen LogP contribution < -0.4 is 5.32 Å². The van der Waals surface area contributed by atoms with Gasteiger partial charge in [-0.1, -0.05) is 0 Å². The number of aryl methyl sites for hydroxylation is 1. The van der Waals surface area contributed by atoms with Gasteiger partial charge in [0.1, 0.15) is 4.21 Å². The minimum absolute atomic E-state index is 0.460. The number of halogens is 1. The van der Waals surface area contributed by atoms with Crippen LogP contribution in [-0.2, 0) is 10.0 Å². The topological polar surface area (TPSA) is 49.4 Å². The summed E-state index contributed by atoms with van der Waals surface area (Å²) in [5.74, 6) is 0.480. The third kappa shape index (κ3) is 2.51. The second-order valence-corrected chi connectivity index (χ2v) is 9.82. The van der Waals surface area contributed by atoms with Crippen LogP contribution in [0, 0.1) is 12.8 Å². The van der Waals surface area contributed by atoms with Crippen LogP contribution in [0.3, 0.4) is 0 Å². The Hall–Kier alpha value is 0.0500. The Bertz CT molecular complexity index is 565. The first-order chi connectivity index (χ1) is 8.98. The summed E-state index contributed by atoms with van der Waals surface area (Å²) in [5, 5.41) is 3.46. The summed E-state index contributed by atoms with van der Waals surface area (Å²) >= 11 is 4.71. The van der Waals surface area contributed by atoms with E-state index in [1.807, 2.05) is 6.92 Å². The summed E-state index contributed by atoms with van der Waals surface area (Å²) in [4.78, 5) is 0. The molecule has 0 bridgehead atoms. The van der Waals surface area contributed by atoms with Crippen LogP contribution in [0.15, 0.2) is 14.1 Å². The molecule has 3 heterocycles. The Balaban J connectivity index is 1.84. The molecule has 3 rings (SSSR count). The summed E-state index contributed by atoms with van der Waals surface area (Å²) in [5.41, 5.74) is 0.987. The number of piperidine rings is 1. The Morgan fingerprint density at radius 2 is 2.26 bits per heavy atom. The van der Waals surface area contributed by atoms with Gasteiger partial charge in [-0.3, -0.25) is 0 Å². The molecule has 106 valence electrons. The van der Waals surface area contributed by atoms with Gasteiger partial charge in [0.25, 0.3) is 10.0 Å². The summed E-state index contributed by atoms with van der Waals surface area (Å²) < 4.78 is 28.3. The zero-order chi connectivity index (χ0) is 13.6. The van der Waals surface area contributed by atoms with Gasteiger partial charge < -0.3 is 5.32 Å². The second kappa shape index (κ2) is 5.11. The summed E-state index contributed by atoms with van der Waals surface area (Å²) in [7, 11) is -3.31. The van der Waals surface area contributed by atoms with Gasteiger partial charge in [0.05, 0.1) is 3.79 Å². The van der Waals surface area contributed by atoms with Gasteiger partial charge in [-0.15, -0.1) is 11.3 Å². The van der Waals surface area contributed by atoms with Crippen molar-refractivity contribution in [2.45, 2.75) is 30.0 Å². The van der Waals surface area contributed by atoms with E-state index in [4.69, 9.17) is 0 Å². The fourth-order valence-electron chi connectivity index (χ4n) is 2.92. The first-order valence-corrected chi connectivity index (χ1v) is 9.53. The molecule has 2 aliphatic rings. The van der Waals surface area contributed by atoms with Gasteiger partial charge in [-0.05, 0) is 59.8 Å². The highest BCUT2D eigenvalue weighted by Gasteiger charge is 2.38. The first kappa shape index (κ1) is 14.0. The third-order valence-electron chi connectivity index (χ3n) is 4.05. The van der Waals surface area contributed by atoms with Gasteiger partial charge in [-0.25, -0.2) is 8.42 Å². The van der Waals surface area contributed by atoms with Crippen molar-refractivity contribution < 1.29 is 8.42 Å². The van der Waals surface area contributed by atoms with Crippen LogP contribution in [-0.4, -0.2) is 38.4 Å². The van der Waals surface area contributed by atoms with E-state index >= 15 is 0 Å². The van der Waals surface area contributed by atoms with Crippen molar-refractivity contribution in [1.82, 2.24) is 9.62 Å². The van der Waals surface area contributed by atoms with Crippen molar-refractivity contribution in [1.29, 1.82) is 0 Å². The standard InChI is InChI=1S/C12H17BrN2O2S2/c1-8-6-11(18-12(8)13)19(16,17)15-5-3-10-9(7-15)2-4-14-10/h6,9-10,14H,2-5,7H2,1H3. The van der Waals surface area contributed by atoms with Crippen LogP contribution in [0.5, 0.6) is 0 Å². The highest BCUT2D eigenvalue weighted by molar-refractivity contribution is 9.11. The first-order valence-electron chi connectivity index (χ1n) is 6.48. The van der Waals surface area contributed by atoms with Gasteiger partial charge in [0.15, 0.2) is 0 Å². The Morgan fingerprint density at radius 3 is 2.95 bits per heavy atom. The molecule has 1 N–H and O–H groups in total. The molecule has 2 fully saturated rings. The van der Waals surface area contributed by atoms with Crippen molar-refractivity contribution in [2.24, 2.45) is 5.92 Å². The van der Waals surface area contributed by atoms with E-state index in [1.165, 1.54) is 11.3 Å². The average Bonchev–Trinajstić information content (AvgIpc) is 2.96. The van der Waals surface area contributed by atoms with Crippen molar-refractivity contribution >= 4 is 37.3 Å². The van der Waals surface area contributed by atoms with Crippen LogP contribution >= 0.6 is 27.3 Å². The third-order valence-corrected chi connectivity index (χ3v) is 8.50. The lowest BCUT2D eigenvalue weighted by Crippen LogP contribution is -2.46. The minimum Gasteiger partial charge on any atom is -0.314 e. The van der Waals surface area contributed by atoms with E-state index in [0.29, 0.717) is 29.3 Å². The summed E-state index contributed by atoms with van der Waals surface area (Å²) in [6.45, 7) is 4.24. The Morgan fingerprint density at radius 1 is 1.47 bits per heavy atom. The Labute approximate surface area is 126 Å². The molecule has 19 heavy (non-hydrogen) atoms. The number of sulfonamides is 1. The molecular weight excluding hydrogens is 348 g/mol. The van der Waals surface area contributed by atoms with Crippen molar-refractivity contribution in [2.75, 3.05) is 19.6 Å². The molecule has 0 aromatic carbocycles. The van der Waals surface area contributed by atoms with Gasteiger partial charge in [0, 0.05) is 19.1 Å². The van der Waals surface area contributed by atoms with Crippen LogP contribution in [0.4, 0.5) is 0 Å². The SMILES string of the molecule is Cc1cc(S(=O)(=O)N2CCC3NCCC3C2)sc1Br. The van der Waals surface area contributed by atoms with E-state index in [0.717, 1.165) is 28.7 Å². The average molecular weight is 365 g/mol. The predicted molar refractivity (Wildman–Crippen MR) is 80.0 cm³/mol. The fraction of sp³-hybridized carbons (Fsp3) is 0.667. The lowest BCUT2D eigenvalue weighted by molar-refractivity contribution is 0.247. The lowest BCUT2D eigenvalue weighted by Gasteiger charge is -2.33. The van der Waals surface area contributed by atoms with Gasteiger partial charge in [0.2, 0.25) is 0 Å². The number of nitrogens with one attached hydrogen (secondary N) is 1. The summed E-state index contributed by atoms with van der Waals surface area (Å²) in [6.07, 6.45) is 2.01. The number of thiophene rings is 1. The molecule has 1 aromatic heterocycles. The second-order valence-electron chi connectivity index (χ2n) is 5.28. The zero-order valence-electron chi connectivity index (χ0n) is 10.7. The molecule has 0 spiro atoms. The molecule has 2 aliphatic heterocycles. The predicted octanol–water partition coefficient (Wildman–Crippen LogP) is 2.19. The number of hydrogen-bond acceptors (Lipinski definition) is 4. The van der Waals surface area contributed by atoms with Gasteiger partial charge in [-0.2, -0.15) is 4.31 Å². The molecule has 7 heteroatoms. The van der Waals surface area contributed by atoms with Crippen LogP contribution in [0.2, 0.25) is 0 Å². The molecule has 0 amide bonds. The maximum absolute atomic E-state index is 12.6. The molecule has 1 aromatic rings. The number of rotatable bonds is 2. The van der Waals surface area contributed by atoms with Crippen LogP contribution in [0.1, 0.15) is 18.4 Å². The molecule has 4 nitrogen and oxygen atoms in total. The Kier molecular flexibility index (Phi) is 3.77. The van der Waals surface area contributed by atoms with Crippen molar-refractivity contribution in [3.8, 4) is 0 Å². The highest BCUT2D eigenvalue weighted by Crippen LogP contribution is 2.34. The fourth-order valence-corrected chi connectivity index (χ4v) is 6.81. The molecule has 2 atom stereocenters. The molecule has 2 saturated heterocycles. The quantitative estimate of drug-likeness (QED) is 0.874. The van der Waals surface area contributed by atoms with Crippen molar-refractivity contribution in [3.63, 3.8) is 0 Å². The molecule has 2 unspecified atom stereocenters. The maximum atomic E-state index is 12.6. The normalized spacial score (nSPS) is 28.5. The van der Waals surface area contributed by atoms with E-state index in [2.05, 4.69) is 21.2 Å². The number of fused-ring (bicyclic) bond motifs is 1. The van der Waals surface area contributed by atoms with E-state index in [1.54, 1.807) is 10.4 Å². The molecule has 0 radical (unpaired) electrons. The highest BCUT2D eigenvalue weighted by atomic mass is 79.9. The molecule has 0 saturated carbocycles. The minimum atomic E-state index is -3.31. The molecule has 0 aliphatic carbocycles. The van der Waals surface area contributed by atoms with Crippen molar-refractivity contribution in [3.05, 3.63) is 15.4 Å². The van der Waals surface area contributed by atoms with E-state index in [-0.39, 0.29) is 0 Å². The molecular formula is C12H17BrN2O2S2. The summed E-state index contributed by atoms with van der Waals surface area (Å²) in [6, 6.07) is 2.28. The number of hydrogen-bond donors (Lipinski definition) is 1. The number of nitrogens with zero attached hydrogens (tertiary/aromatic N) is 1. The van der Waals surface area contributed by atoms with E-state index < -0.39 is 10.0 Å². The van der Waals surface area contributed by atoms with Crippen LogP contribution in [0.25, 0.3) is 0 Å². The van der Waals surface area contributed by atoms with Gasteiger partial charge >= 0.3 is 0 Å². The zero-order valence-corrected chi connectivity index (χ0v) is 13.9. The maximum Gasteiger partial charge on any atom is 0.252 e.